The van der Waals surface area contributed by atoms with Crippen LogP contribution in [0, 0.1) is 6.92 Å². The summed E-state index contributed by atoms with van der Waals surface area (Å²) < 4.78 is 12.8. The van der Waals surface area contributed by atoms with Gasteiger partial charge in [-0.15, -0.1) is 0 Å². The second-order valence-corrected chi connectivity index (χ2v) is 10.3. The van der Waals surface area contributed by atoms with Crippen LogP contribution in [-0.2, 0) is 11.4 Å². The van der Waals surface area contributed by atoms with Crippen molar-refractivity contribution in [1.29, 1.82) is 0 Å². The molecule has 1 amide bonds. The number of nitrogens with one attached hydrogen (secondary N) is 1. The third-order valence-electron chi connectivity index (χ3n) is 5.04. The van der Waals surface area contributed by atoms with Crippen LogP contribution in [0.25, 0.3) is 6.08 Å². The van der Waals surface area contributed by atoms with Gasteiger partial charge >= 0.3 is 0 Å². The Labute approximate surface area is 226 Å². The van der Waals surface area contributed by atoms with E-state index in [-0.39, 0.29) is 5.91 Å². The number of aliphatic imine (C=N–C) groups is 1. The van der Waals surface area contributed by atoms with Gasteiger partial charge in [0.25, 0.3) is 5.91 Å². The molecule has 35 heavy (non-hydrogen) atoms. The van der Waals surface area contributed by atoms with Gasteiger partial charge in [0.05, 0.1) is 22.2 Å². The van der Waals surface area contributed by atoms with Gasteiger partial charge in [-0.25, -0.2) is 4.99 Å². The molecular weight excluding hydrogens is 571 g/mol. The lowest BCUT2D eigenvalue weighted by molar-refractivity contribution is -0.115. The lowest BCUT2D eigenvalue weighted by atomic mass is 10.1. The predicted octanol–water partition coefficient (Wildman–Crippen LogP) is 7.93. The summed E-state index contributed by atoms with van der Waals surface area (Å²) in [5.41, 5.74) is 3.27. The number of thioether (sulfide) groups is 1. The van der Waals surface area contributed by atoms with Crippen LogP contribution in [0.4, 0.5) is 5.69 Å². The molecule has 5 nitrogen and oxygen atoms in total. The molecule has 0 aromatic heterocycles. The van der Waals surface area contributed by atoms with Crippen molar-refractivity contribution in [3.05, 3.63) is 90.7 Å². The summed E-state index contributed by atoms with van der Waals surface area (Å²) in [5, 5.41) is 4.30. The highest BCUT2D eigenvalue weighted by molar-refractivity contribution is 9.10. The van der Waals surface area contributed by atoms with Crippen molar-refractivity contribution in [2.24, 2.45) is 4.99 Å². The minimum atomic E-state index is -0.238. The normalized spacial score (nSPS) is 15.5. The van der Waals surface area contributed by atoms with E-state index in [1.807, 2.05) is 56.3 Å². The maximum atomic E-state index is 12.6. The number of carbonyl (C=O) groups is 1. The molecule has 3 aromatic rings. The Hall–Kier alpha value is -2.45. The standard InChI is InChI=1S/C26H21BrCl2N2O3S/c1-3-33-22-12-17(11-20(29)24(22)34-14-16-7-9-18(27)10-8-16)13-23-25(32)31-26(35-23)30-21-6-4-5-19(28)15(21)2/h4-13H,3,14H2,1-2H3,(H,30,31,32)/b23-13+. The van der Waals surface area contributed by atoms with Crippen molar-refractivity contribution in [2.75, 3.05) is 6.61 Å². The molecule has 0 unspecified atom stereocenters. The van der Waals surface area contributed by atoms with Gasteiger partial charge in [-0.3, -0.25) is 4.79 Å². The molecule has 1 saturated heterocycles. The van der Waals surface area contributed by atoms with E-state index in [0.717, 1.165) is 15.6 Å². The van der Waals surface area contributed by atoms with Crippen LogP contribution in [0.1, 0.15) is 23.6 Å². The maximum Gasteiger partial charge on any atom is 0.264 e. The van der Waals surface area contributed by atoms with Gasteiger partial charge in [0.15, 0.2) is 16.7 Å². The molecule has 0 aliphatic carbocycles. The van der Waals surface area contributed by atoms with Crippen molar-refractivity contribution >= 4 is 73.7 Å². The fourth-order valence-corrected chi connectivity index (χ4v) is 4.81. The van der Waals surface area contributed by atoms with Crippen molar-refractivity contribution in [3.63, 3.8) is 0 Å². The molecule has 1 fully saturated rings. The van der Waals surface area contributed by atoms with Gasteiger partial charge in [0, 0.05) is 9.50 Å². The molecule has 0 bridgehead atoms. The van der Waals surface area contributed by atoms with E-state index in [2.05, 4.69) is 26.2 Å². The van der Waals surface area contributed by atoms with E-state index in [1.165, 1.54) is 11.8 Å². The number of amides is 1. The molecule has 180 valence electrons. The first-order valence-electron chi connectivity index (χ1n) is 10.7. The average Bonchev–Trinajstić information content (AvgIpc) is 3.16. The number of halogens is 3. The summed E-state index contributed by atoms with van der Waals surface area (Å²) in [6, 6.07) is 16.9. The molecule has 1 aliphatic rings. The number of rotatable bonds is 7. The van der Waals surface area contributed by atoms with Gasteiger partial charge in [-0.2, -0.15) is 0 Å². The zero-order chi connectivity index (χ0) is 24.9. The first-order valence-corrected chi connectivity index (χ1v) is 13.1. The van der Waals surface area contributed by atoms with Crippen LogP contribution in [0.3, 0.4) is 0 Å². The Morgan fingerprint density at radius 2 is 1.86 bits per heavy atom. The summed E-state index contributed by atoms with van der Waals surface area (Å²) in [7, 11) is 0. The third-order valence-corrected chi connectivity index (χ3v) is 7.17. The van der Waals surface area contributed by atoms with E-state index in [9.17, 15) is 4.79 Å². The molecule has 0 radical (unpaired) electrons. The number of carbonyl (C=O) groups excluding carboxylic acids is 1. The van der Waals surface area contributed by atoms with E-state index in [4.69, 9.17) is 32.7 Å². The minimum absolute atomic E-state index is 0.238. The molecule has 0 spiro atoms. The number of benzene rings is 3. The molecule has 0 saturated carbocycles. The zero-order valence-corrected chi connectivity index (χ0v) is 22.8. The molecule has 9 heteroatoms. The number of ether oxygens (including phenoxy) is 2. The monoisotopic (exact) mass is 590 g/mol. The fourth-order valence-electron chi connectivity index (χ4n) is 3.27. The quantitative estimate of drug-likeness (QED) is 0.283. The van der Waals surface area contributed by atoms with E-state index >= 15 is 0 Å². The molecule has 1 N–H and O–H groups in total. The molecule has 3 aromatic carbocycles. The van der Waals surface area contributed by atoms with Crippen molar-refractivity contribution in [1.82, 2.24) is 5.32 Å². The van der Waals surface area contributed by atoms with Crippen LogP contribution >= 0.6 is 50.9 Å². The second kappa shape index (κ2) is 11.5. The van der Waals surface area contributed by atoms with Crippen LogP contribution in [-0.4, -0.2) is 17.7 Å². The second-order valence-electron chi connectivity index (χ2n) is 7.54. The highest BCUT2D eigenvalue weighted by Gasteiger charge is 2.24. The Morgan fingerprint density at radius 3 is 2.60 bits per heavy atom. The van der Waals surface area contributed by atoms with E-state index in [0.29, 0.717) is 56.1 Å². The number of hydrogen-bond donors (Lipinski definition) is 1. The largest absolute Gasteiger partial charge is 0.490 e. The summed E-state index contributed by atoms with van der Waals surface area (Å²) in [6.45, 7) is 4.56. The highest BCUT2D eigenvalue weighted by Crippen LogP contribution is 2.39. The lowest BCUT2D eigenvalue weighted by Crippen LogP contribution is -2.19. The summed E-state index contributed by atoms with van der Waals surface area (Å²) in [6.07, 6.45) is 1.75. The smallest absolute Gasteiger partial charge is 0.264 e. The predicted molar refractivity (Wildman–Crippen MR) is 148 cm³/mol. The van der Waals surface area contributed by atoms with Gasteiger partial charge in [-0.1, -0.05) is 57.3 Å². The fraction of sp³-hybridized carbons (Fsp3) is 0.154. The van der Waals surface area contributed by atoms with E-state index in [1.54, 1.807) is 18.2 Å². The zero-order valence-electron chi connectivity index (χ0n) is 18.9. The molecular formula is C26H21BrCl2N2O3S. The van der Waals surface area contributed by atoms with Gasteiger partial charge < -0.3 is 14.8 Å². The van der Waals surface area contributed by atoms with Gasteiger partial charge in [0.2, 0.25) is 0 Å². The lowest BCUT2D eigenvalue weighted by Gasteiger charge is -2.15. The van der Waals surface area contributed by atoms with E-state index < -0.39 is 0 Å². The first kappa shape index (κ1) is 25.6. The van der Waals surface area contributed by atoms with Crippen molar-refractivity contribution < 1.29 is 14.3 Å². The number of nitrogens with zero attached hydrogens (tertiary/aromatic N) is 1. The maximum absolute atomic E-state index is 12.6. The van der Waals surface area contributed by atoms with Crippen molar-refractivity contribution in [3.8, 4) is 11.5 Å². The van der Waals surface area contributed by atoms with Gasteiger partial charge in [0.1, 0.15) is 6.61 Å². The summed E-state index contributed by atoms with van der Waals surface area (Å²) >= 11 is 17.4. The molecule has 0 atom stereocenters. The summed E-state index contributed by atoms with van der Waals surface area (Å²) in [4.78, 5) is 17.6. The average molecular weight is 592 g/mol. The molecule has 1 heterocycles. The Balaban J connectivity index is 1.56. The summed E-state index contributed by atoms with van der Waals surface area (Å²) in [5.74, 6) is 0.731. The highest BCUT2D eigenvalue weighted by atomic mass is 79.9. The number of amidine groups is 1. The minimum Gasteiger partial charge on any atom is -0.490 e. The Kier molecular flexibility index (Phi) is 8.44. The van der Waals surface area contributed by atoms with Crippen molar-refractivity contribution in [2.45, 2.75) is 20.5 Å². The van der Waals surface area contributed by atoms with Crippen LogP contribution in [0.15, 0.2) is 69.0 Å². The SMILES string of the molecule is CCOc1cc(/C=C2/SC(=Nc3cccc(Cl)c3C)NC2=O)cc(Cl)c1OCc1ccc(Br)cc1. The van der Waals surface area contributed by atoms with Gasteiger partial charge in [-0.05, 0) is 84.8 Å². The van der Waals surface area contributed by atoms with Crippen LogP contribution < -0.4 is 14.8 Å². The topological polar surface area (TPSA) is 59.9 Å². The third kappa shape index (κ3) is 6.41. The molecule has 4 rings (SSSR count). The Morgan fingerprint density at radius 1 is 1.09 bits per heavy atom. The molecule has 1 aliphatic heterocycles. The van der Waals surface area contributed by atoms with Crippen LogP contribution in [0.5, 0.6) is 11.5 Å². The number of hydrogen-bond acceptors (Lipinski definition) is 5. The first-order chi connectivity index (χ1) is 16.8. The van der Waals surface area contributed by atoms with Crippen LogP contribution in [0.2, 0.25) is 10.0 Å². The Bertz CT molecular complexity index is 1330.